The van der Waals surface area contributed by atoms with Crippen LogP contribution in [-0.4, -0.2) is 30.3 Å². The number of nitrogens with one attached hydrogen (secondary N) is 3. The first kappa shape index (κ1) is 21.6. The first-order valence-electron chi connectivity index (χ1n) is 8.08. The van der Waals surface area contributed by atoms with Gasteiger partial charge in [0.25, 0.3) is 11.8 Å². The van der Waals surface area contributed by atoms with Gasteiger partial charge in [0, 0.05) is 21.8 Å². The Bertz CT molecular complexity index is 924. The Hall–Kier alpha value is -2.72. The summed E-state index contributed by atoms with van der Waals surface area (Å²) in [5.74, 6) is -2.27. The maximum Gasteiger partial charge on any atom is 0.341 e. The molecule has 0 saturated heterocycles. The number of thiophene rings is 1. The SMILES string of the molecule is CC(=O)Nc1sc(C)c(C)c1C(=O)OCC(=O)NNC(=O)c1ccc(Br)cc1. The summed E-state index contributed by atoms with van der Waals surface area (Å²) in [5, 5.41) is 2.96. The Morgan fingerprint density at radius 1 is 1.07 bits per heavy atom. The zero-order chi connectivity index (χ0) is 20.8. The molecule has 1 aromatic carbocycles. The number of aryl methyl sites for hydroxylation is 1. The number of anilines is 1. The van der Waals surface area contributed by atoms with Gasteiger partial charge in [0.2, 0.25) is 5.91 Å². The molecule has 3 amide bonds. The molecule has 2 rings (SSSR count). The Morgan fingerprint density at radius 2 is 1.71 bits per heavy atom. The summed E-state index contributed by atoms with van der Waals surface area (Å²) >= 11 is 4.51. The van der Waals surface area contributed by atoms with E-state index in [-0.39, 0.29) is 11.5 Å². The van der Waals surface area contributed by atoms with E-state index in [4.69, 9.17) is 4.74 Å². The third-order valence-electron chi connectivity index (χ3n) is 3.64. The van der Waals surface area contributed by atoms with Crippen LogP contribution in [0.1, 0.15) is 38.1 Å². The van der Waals surface area contributed by atoms with Crippen molar-refractivity contribution in [1.29, 1.82) is 0 Å². The highest BCUT2D eigenvalue weighted by molar-refractivity contribution is 9.10. The summed E-state index contributed by atoms with van der Waals surface area (Å²) in [7, 11) is 0. The average Bonchev–Trinajstić information content (AvgIpc) is 2.91. The van der Waals surface area contributed by atoms with Crippen molar-refractivity contribution in [3.63, 3.8) is 0 Å². The quantitative estimate of drug-likeness (QED) is 0.461. The van der Waals surface area contributed by atoms with E-state index >= 15 is 0 Å². The van der Waals surface area contributed by atoms with Crippen LogP contribution in [-0.2, 0) is 14.3 Å². The summed E-state index contributed by atoms with van der Waals surface area (Å²) in [6.07, 6.45) is 0. The molecular weight excluding hydrogens is 450 g/mol. The molecule has 0 aliphatic heterocycles. The highest BCUT2D eigenvalue weighted by atomic mass is 79.9. The fourth-order valence-corrected chi connectivity index (χ4v) is 3.52. The van der Waals surface area contributed by atoms with Crippen LogP contribution in [0.25, 0.3) is 0 Å². The van der Waals surface area contributed by atoms with E-state index in [1.54, 1.807) is 31.2 Å². The standard InChI is InChI=1S/C18H18BrN3O5S/c1-9-10(2)28-17(20-11(3)23)15(9)18(26)27-8-14(24)21-22-16(25)12-4-6-13(19)7-5-12/h4-7H,8H2,1-3H3,(H,20,23)(H,21,24)(H,22,25). The minimum atomic E-state index is -0.736. The van der Waals surface area contributed by atoms with Crippen LogP contribution in [0.15, 0.2) is 28.7 Å². The molecule has 0 unspecified atom stereocenters. The molecule has 0 bridgehead atoms. The molecule has 0 radical (unpaired) electrons. The highest BCUT2D eigenvalue weighted by Crippen LogP contribution is 2.32. The van der Waals surface area contributed by atoms with Crippen molar-refractivity contribution >= 4 is 56.0 Å². The number of amides is 3. The summed E-state index contributed by atoms with van der Waals surface area (Å²) in [6, 6.07) is 6.54. The molecule has 0 atom stereocenters. The molecule has 0 fully saturated rings. The van der Waals surface area contributed by atoms with Crippen LogP contribution in [0.2, 0.25) is 0 Å². The summed E-state index contributed by atoms with van der Waals surface area (Å²) < 4.78 is 5.82. The van der Waals surface area contributed by atoms with Crippen LogP contribution in [0.4, 0.5) is 5.00 Å². The number of carbonyl (C=O) groups is 4. The molecule has 10 heteroatoms. The van der Waals surface area contributed by atoms with E-state index in [0.717, 1.165) is 9.35 Å². The second-order valence-corrected chi connectivity index (χ2v) is 7.89. The smallest absolute Gasteiger partial charge is 0.341 e. The number of benzene rings is 1. The number of rotatable bonds is 5. The predicted molar refractivity (Wildman–Crippen MR) is 108 cm³/mol. The Balaban J connectivity index is 1.90. The fourth-order valence-electron chi connectivity index (χ4n) is 2.16. The average molecular weight is 468 g/mol. The van der Waals surface area contributed by atoms with Crippen molar-refractivity contribution in [3.05, 3.63) is 50.3 Å². The first-order chi connectivity index (χ1) is 13.2. The maximum atomic E-state index is 12.3. The topological polar surface area (TPSA) is 114 Å². The van der Waals surface area contributed by atoms with Crippen LogP contribution >= 0.6 is 27.3 Å². The van der Waals surface area contributed by atoms with Gasteiger partial charge in [-0.3, -0.25) is 25.2 Å². The van der Waals surface area contributed by atoms with Crippen molar-refractivity contribution in [1.82, 2.24) is 10.9 Å². The molecule has 0 spiro atoms. The zero-order valence-corrected chi connectivity index (χ0v) is 17.7. The number of hydrogen-bond donors (Lipinski definition) is 3. The van der Waals surface area contributed by atoms with Gasteiger partial charge in [0.1, 0.15) is 5.00 Å². The van der Waals surface area contributed by atoms with E-state index in [0.29, 0.717) is 16.1 Å². The van der Waals surface area contributed by atoms with Gasteiger partial charge in [0.15, 0.2) is 6.61 Å². The van der Waals surface area contributed by atoms with Crippen molar-refractivity contribution in [2.24, 2.45) is 0 Å². The molecular formula is C18H18BrN3O5S. The van der Waals surface area contributed by atoms with Crippen LogP contribution in [0.5, 0.6) is 0 Å². The molecule has 0 saturated carbocycles. The third kappa shape index (κ3) is 5.64. The lowest BCUT2D eigenvalue weighted by Crippen LogP contribution is -2.43. The van der Waals surface area contributed by atoms with Crippen molar-refractivity contribution < 1.29 is 23.9 Å². The lowest BCUT2D eigenvalue weighted by Gasteiger charge is -2.09. The summed E-state index contributed by atoms with van der Waals surface area (Å²) in [5.41, 5.74) is 5.64. The lowest BCUT2D eigenvalue weighted by molar-refractivity contribution is -0.125. The first-order valence-corrected chi connectivity index (χ1v) is 9.69. The Morgan fingerprint density at radius 3 is 2.32 bits per heavy atom. The van der Waals surface area contributed by atoms with Crippen LogP contribution < -0.4 is 16.2 Å². The van der Waals surface area contributed by atoms with Gasteiger partial charge < -0.3 is 10.1 Å². The molecule has 8 nitrogen and oxygen atoms in total. The van der Waals surface area contributed by atoms with Crippen LogP contribution in [0.3, 0.4) is 0 Å². The molecule has 0 aliphatic rings. The maximum absolute atomic E-state index is 12.3. The van der Waals surface area contributed by atoms with E-state index in [1.807, 2.05) is 6.92 Å². The lowest BCUT2D eigenvalue weighted by atomic mass is 10.1. The Labute approximate surface area is 173 Å². The molecule has 0 aliphatic carbocycles. The van der Waals surface area contributed by atoms with Gasteiger partial charge in [-0.25, -0.2) is 4.79 Å². The van der Waals surface area contributed by atoms with Gasteiger partial charge in [-0.2, -0.15) is 0 Å². The molecule has 148 valence electrons. The van der Waals surface area contributed by atoms with E-state index in [2.05, 4.69) is 32.1 Å². The molecule has 3 N–H and O–H groups in total. The van der Waals surface area contributed by atoms with Gasteiger partial charge >= 0.3 is 5.97 Å². The Kier molecular flexibility index (Phi) is 7.30. The minimum Gasteiger partial charge on any atom is -0.452 e. The van der Waals surface area contributed by atoms with Crippen molar-refractivity contribution in [2.75, 3.05) is 11.9 Å². The normalized spacial score (nSPS) is 10.1. The van der Waals surface area contributed by atoms with E-state index < -0.39 is 24.4 Å². The number of hydrogen-bond acceptors (Lipinski definition) is 6. The van der Waals surface area contributed by atoms with Crippen molar-refractivity contribution in [2.45, 2.75) is 20.8 Å². The molecule has 1 aromatic heterocycles. The minimum absolute atomic E-state index is 0.212. The van der Waals surface area contributed by atoms with Gasteiger partial charge in [-0.05, 0) is 43.7 Å². The predicted octanol–water partition coefficient (Wildman–Crippen LogP) is 2.70. The van der Waals surface area contributed by atoms with E-state index in [9.17, 15) is 19.2 Å². The fraction of sp³-hybridized carbons (Fsp3) is 0.222. The number of halogens is 1. The number of ether oxygens (including phenoxy) is 1. The van der Waals surface area contributed by atoms with Crippen LogP contribution in [0, 0.1) is 13.8 Å². The zero-order valence-electron chi connectivity index (χ0n) is 15.3. The molecule has 28 heavy (non-hydrogen) atoms. The second-order valence-electron chi connectivity index (χ2n) is 5.75. The number of carbonyl (C=O) groups excluding carboxylic acids is 4. The monoisotopic (exact) mass is 467 g/mol. The highest BCUT2D eigenvalue weighted by Gasteiger charge is 2.22. The largest absolute Gasteiger partial charge is 0.452 e. The van der Waals surface area contributed by atoms with Gasteiger partial charge in [-0.1, -0.05) is 15.9 Å². The molecule has 1 heterocycles. The van der Waals surface area contributed by atoms with Crippen molar-refractivity contribution in [3.8, 4) is 0 Å². The number of esters is 1. The summed E-state index contributed by atoms with van der Waals surface area (Å²) in [4.78, 5) is 48.3. The van der Waals surface area contributed by atoms with Gasteiger partial charge in [-0.15, -0.1) is 11.3 Å². The second kappa shape index (κ2) is 9.47. The molecule has 2 aromatic rings. The number of hydrazine groups is 1. The van der Waals surface area contributed by atoms with E-state index in [1.165, 1.54) is 18.3 Å². The van der Waals surface area contributed by atoms with Gasteiger partial charge in [0.05, 0.1) is 5.56 Å². The third-order valence-corrected chi connectivity index (χ3v) is 5.29. The summed E-state index contributed by atoms with van der Waals surface area (Å²) in [6.45, 7) is 4.28.